The minimum Gasteiger partial charge on any atom is -0.345 e. The molecule has 0 aliphatic carbocycles. The molecule has 2 atom stereocenters. The van der Waals surface area contributed by atoms with E-state index in [-0.39, 0.29) is 18.7 Å². The summed E-state index contributed by atoms with van der Waals surface area (Å²) in [4.78, 5) is 59.8. The molecule has 0 saturated carbocycles. The summed E-state index contributed by atoms with van der Waals surface area (Å²) in [5.74, 6) is -1.98. The highest BCUT2D eigenvalue weighted by Gasteiger charge is 2.29. The highest BCUT2D eigenvalue weighted by molar-refractivity contribution is 6.13. The Bertz CT molecular complexity index is 600. The standard InChI is InChI=1S/C17H25N3O5/c1-10(15(24)17(3,4)5)19-16(25)11(2)18-12(21)8-9-20-13(22)6-7-14(20)23/h6-7,10-11H,8-9H2,1-5H3,(H,18,21)(H,19,25)/t10-,11?/m0/s1. The summed E-state index contributed by atoms with van der Waals surface area (Å²) < 4.78 is 0. The molecule has 1 rings (SSSR count). The van der Waals surface area contributed by atoms with E-state index in [1.807, 2.05) is 0 Å². The fourth-order valence-electron chi connectivity index (χ4n) is 2.30. The van der Waals surface area contributed by atoms with Gasteiger partial charge < -0.3 is 10.6 Å². The van der Waals surface area contributed by atoms with Crippen molar-refractivity contribution in [3.8, 4) is 0 Å². The van der Waals surface area contributed by atoms with E-state index in [1.165, 1.54) is 6.92 Å². The Morgan fingerprint density at radius 1 is 1.00 bits per heavy atom. The molecule has 1 aliphatic heterocycles. The summed E-state index contributed by atoms with van der Waals surface area (Å²) in [5, 5.41) is 5.06. The minimum absolute atomic E-state index is 0.0518. The molecule has 8 nitrogen and oxygen atoms in total. The molecule has 1 unspecified atom stereocenters. The van der Waals surface area contributed by atoms with E-state index in [4.69, 9.17) is 0 Å². The molecule has 4 amide bonds. The second kappa shape index (κ2) is 8.04. The lowest BCUT2D eigenvalue weighted by Crippen LogP contribution is -2.51. The molecule has 0 fully saturated rings. The first-order valence-corrected chi connectivity index (χ1v) is 8.11. The van der Waals surface area contributed by atoms with Crippen molar-refractivity contribution >= 4 is 29.4 Å². The van der Waals surface area contributed by atoms with Gasteiger partial charge in [0, 0.05) is 30.5 Å². The fraction of sp³-hybridized carbons (Fsp3) is 0.588. The van der Waals surface area contributed by atoms with Gasteiger partial charge in [-0.1, -0.05) is 20.8 Å². The quantitative estimate of drug-likeness (QED) is 0.623. The van der Waals surface area contributed by atoms with Crippen LogP contribution in [0, 0.1) is 5.41 Å². The van der Waals surface area contributed by atoms with E-state index >= 15 is 0 Å². The number of hydrogen-bond donors (Lipinski definition) is 2. The second-order valence-corrected chi connectivity index (χ2v) is 7.05. The smallest absolute Gasteiger partial charge is 0.253 e. The predicted octanol–water partition coefficient (Wildman–Crippen LogP) is -0.0739. The van der Waals surface area contributed by atoms with Gasteiger partial charge in [-0.25, -0.2) is 0 Å². The van der Waals surface area contributed by atoms with Gasteiger partial charge >= 0.3 is 0 Å². The lowest BCUT2D eigenvalue weighted by Gasteiger charge is -2.24. The van der Waals surface area contributed by atoms with E-state index in [2.05, 4.69) is 10.6 Å². The van der Waals surface area contributed by atoms with Crippen molar-refractivity contribution in [2.45, 2.75) is 53.1 Å². The van der Waals surface area contributed by atoms with Gasteiger partial charge in [-0.2, -0.15) is 0 Å². The van der Waals surface area contributed by atoms with Crippen LogP contribution >= 0.6 is 0 Å². The number of Topliss-reactive ketones (excluding diaryl/α,β-unsaturated/α-hetero) is 1. The van der Waals surface area contributed by atoms with E-state index in [0.717, 1.165) is 17.1 Å². The van der Waals surface area contributed by atoms with Gasteiger partial charge in [0.25, 0.3) is 11.8 Å². The normalized spacial score (nSPS) is 16.6. The number of ketones is 1. The maximum absolute atomic E-state index is 12.1. The van der Waals surface area contributed by atoms with Crippen LogP contribution in [0.2, 0.25) is 0 Å². The first-order valence-electron chi connectivity index (χ1n) is 8.11. The van der Waals surface area contributed by atoms with Crippen LogP contribution in [-0.4, -0.2) is 52.9 Å². The molecule has 0 aromatic heterocycles. The summed E-state index contributed by atoms with van der Waals surface area (Å²) in [6.45, 7) is 8.33. The summed E-state index contributed by atoms with van der Waals surface area (Å²) in [5.41, 5.74) is -0.581. The first-order chi connectivity index (χ1) is 11.4. The molecule has 0 saturated heterocycles. The molecule has 1 heterocycles. The number of amides is 4. The van der Waals surface area contributed by atoms with Crippen molar-refractivity contribution in [2.24, 2.45) is 5.41 Å². The molecule has 0 aromatic carbocycles. The van der Waals surface area contributed by atoms with Gasteiger partial charge in [0.1, 0.15) is 6.04 Å². The van der Waals surface area contributed by atoms with E-state index < -0.39 is 41.1 Å². The molecule has 0 aromatic rings. The van der Waals surface area contributed by atoms with Crippen LogP contribution in [0.15, 0.2) is 12.2 Å². The van der Waals surface area contributed by atoms with Gasteiger partial charge in [0.2, 0.25) is 11.8 Å². The van der Waals surface area contributed by atoms with Gasteiger partial charge in [-0.05, 0) is 13.8 Å². The maximum Gasteiger partial charge on any atom is 0.253 e. The fourth-order valence-corrected chi connectivity index (χ4v) is 2.30. The Morgan fingerprint density at radius 2 is 1.52 bits per heavy atom. The van der Waals surface area contributed by atoms with Crippen LogP contribution in [0.1, 0.15) is 41.0 Å². The monoisotopic (exact) mass is 351 g/mol. The van der Waals surface area contributed by atoms with Gasteiger partial charge in [-0.3, -0.25) is 28.9 Å². The van der Waals surface area contributed by atoms with Crippen molar-refractivity contribution in [3.63, 3.8) is 0 Å². The number of hydrogen-bond acceptors (Lipinski definition) is 5. The Hall–Kier alpha value is -2.51. The molecule has 2 N–H and O–H groups in total. The van der Waals surface area contributed by atoms with Crippen molar-refractivity contribution in [3.05, 3.63) is 12.2 Å². The van der Waals surface area contributed by atoms with Crippen LogP contribution in [0.25, 0.3) is 0 Å². The van der Waals surface area contributed by atoms with Crippen LogP contribution in [0.5, 0.6) is 0 Å². The summed E-state index contributed by atoms with van der Waals surface area (Å²) in [7, 11) is 0. The minimum atomic E-state index is -0.842. The summed E-state index contributed by atoms with van der Waals surface area (Å²) >= 11 is 0. The van der Waals surface area contributed by atoms with E-state index in [9.17, 15) is 24.0 Å². The van der Waals surface area contributed by atoms with Crippen molar-refractivity contribution in [1.82, 2.24) is 15.5 Å². The van der Waals surface area contributed by atoms with Gasteiger partial charge in [0.05, 0.1) is 6.04 Å². The molecule has 0 bridgehead atoms. The molecular weight excluding hydrogens is 326 g/mol. The Kier molecular flexibility index (Phi) is 6.61. The van der Waals surface area contributed by atoms with Gasteiger partial charge in [0.15, 0.2) is 5.78 Å². The van der Waals surface area contributed by atoms with Crippen LogP contribution in [0.3, 0.4) is 0 Å². The maximum atomic E-state index is 12.1. The van der Waals surface area contributed by atoms with Crippen molar-refractivity contribution < 1.29 is 24.0 Å². The average molecular weight is 351 g/mol. The molecule has 25 heavy (non-hydrogen) atoms. The van der Waals surface area contributed by atoms with Crippen LogP contribution in [0.4, 0.5) is 0 Å². The summed E-state index contributed by atoms with van der Waals surface area (Å²) in [6, 6.07) is -1.51. The highest BCUT2D eigenvalue weighted by atomic mass is 16.2. The van der Waals surface area contributed by atoms with Gasteiger partial charge in [-0.15, -0.1) is 0 Å². The number of rotatable bonds is 7. The molecule has 1 aliphatic rings. The number of carbonyl (C=O) groups is 5. The van der Waals surface area contributed by atoms with Crippen molar-refractivity contribution in [1.29, 1.82) is 0 Å². The van der Waals surface area contributed by atoms with E-state index in [1.54, 1.807) is 27.7 Å². The zero-order valence-electron chi connectivity index (χ0n) is 15.2. The summed E-state index contributed by atoms with van der Waals surface area (Å²) in [6.07, 6.45) is 2.18. The Morgan fingerprint density at radius 3 is 2.00 bits per heavy atom. The number of nitrogens with one attached hydrogen (secondary N) is 2. The molecule has 0 spiro atoms. The zero-order chi connectivity index (χ0) is 19.4. The third-order valence-corrected chi connectivity index (χ3v) is 3.73. The Balaban J connectivity index is 2.44. The molecule has 8 heteroatoms. The second-order valence-electron chi connectivity index (χ2n) is 7.05. The number of nitrogens with zero attached hydrogens (tertiary/aromatic N) is 1. The largest absolute Gasteiger partial charge is 0.345 e. The molecule has 138 valence electrons. The topological polar surface area (TPSA) is 113 Å². The lowest BCUT2D eigenvalue weighted by molar-refractivity contribution is -0.137. The zero-order valence-corrected chi connectivity index (χ0v) is 15.2. The highest BCUT2D eigenvalue weighted by Crippen LogP contribution is 2.16. The lowest BCUT2D eigenvalue weighted by atomic mass is 9.87. The van der Waals surface area contributed by atoms with Crippen molar-refractivity contribution in [2.75, 3.05) is 6.54 Å². The number of carbonyl (C=O) groups excluding carboxylic acids is 5. The van der Waals surface area contributed by atoms with Crippen LogP contribution in [-0.2, 0) is 24.0 Å². The molecule has 0 radical (unpaired) electrons. The Labute approximate surface area is 147 Å². The number of imide groups is 1. The SMILES string of the molecule is CC(NC(=O)CCN1C(=O)C=CC1=O)C(=O)N[C@@H](C)C(=O)C(C)(C)C. The van der Waals surface area contributed by atoms with Crippen LogP contribution < -0.4 is 10.6 Å². The predicted molar refractivity (Wildman–Crippen MR) is 90.1 cm³/mol. The average Bonchev–Trinajstić information content (AvgIpc) is 2.81. The van der Waals surface area contributed by atoms with E-state index in [0.29, 0.717) is 0 Å². The molecular formula is C17H25N3O5. The first kappa shape index (κ1) is 20.5. The third kappa shape index (κ3) is 5.81. The third-order valence-electron chi connectivity index (χ3n) is 3.73.